The fraction of sp³-hybridized carbons (Fsp3) is 0.467. The van der Waals surface area contributed by atoms with Crippen molar-refractivity contribution in [2.24, 2.45) is 11.8 Å². The van der Waals surface area contributed by atoms with Crippen molar-refractivity contribution in [1.29, 1.82) is 0 Å². The Hall–Kier alpha value is -2.04. The van der Waals surface area contributed by atoms with E-state index in [1.165, 1.54) is 7.11 Å². The smallest absolute Gasteiger partial charge is 0.317 e. The summed E-state index contributed by atoms with van der Waals surface area (Å²) in [6.07, 6.45) is 0. The number of urea groups is 1. The molecule has 5 heteroatoms. The van der Waals surface area contributed by atoms with Gasteiger partial charge in [-0.3, -0.25) is 4.79 Å². The Bertz CT molecular complexity index is 475. The van der Waals surface area contributed by atoms with E-state index < -0.39 is 0 Å². The third-order valence-electron chi connectivity index (χ3n) is 3.69. The highest BCUT2D eigenvalue weighted by molar-refractivity contribution is 5.78. The lowest BCUT2D eigenvalue weighted by Crippen LogP contribution is -2.38. The topological polar surface area (TPSA) is 58.6 Å². The van der Waals surface area contributed by atoms with Crippen LogP contribution in [-0.4, -0.2) is 37.1 Å². The summed E-state index contributed by atoms with van der Waals surface area (Å²) >= 11 is 0. The maximum absolute atomic E-state index is 12.1. The molecule has 1 heterocycles. The number of nitrogens with one attached hydrogen (secondary N) is 1. The zero-order valence-corrected chi connectivity index (χ0v) is 11.8. The Balaban J connectivity index is 1.86. The first-order valence-electron chi connectivity index (χ1n) is 6.76. The fourth-order valence-electron chi connectivity index (χ4n) is 2.48. The Morgan fingerprint density at radius 1 is 1.30 bits per heavy atom. The van der Waals surface area contributed by atoms with Crippen LogP contribution >= 0.6 is 0 Å². The van der Waals surface area contributed by atoms with Crippen molar-refractivity contribution in [3.05, 3.63) is 35.9 Å². The zero-order chi connectivity index (χ0) is 14.5. The van der Waals surface area contributed by atoms with Crippen LogP contribution in [0.2, 0.25) is 0 Å². The molecule has 0 saturated carbocycles. The van der Waals surface area contributed by atoms with Crippen LogP contribution in [0.1, 0.15) is 12.5 Å². The molecule has 0 radical (unpaired) electrons. The van der Waals surface area contributed by atoms with E-state index in [0.717, 1.165) is 5.56 Å². The van der Waals surface area contributed by atoms with Crippen LogP contribution in [0, 0.1) is 11.8 Å². The van der Waals surface area contributed by atoms with E-state index >= 15 is 0 Å². The molecule has 0 aromatic heterocycles. The molecular formula is C15H20N2O3. The molecule has 0 spiro atoms. The highest BCUT2D eigenvalue weighted by atomic mass is 16.5. The van der Waals surface area contributed by atoms with Crippen molar-refractivity contribution < 1.29 is 14.3 Å². The van der Waals surface area contributed by atoms with Crippen LogP contribution < -0.4 is 5.32 Å². The maximum atomic E-state index is 12.1. The normalized spacial score (nSPS) is 21.6. The molecular weight excluding hydrogens is 256 g/mol. The number of benzene rings is 1. The minimum atomic E-state index is -0.240. The van der Waals surface area contributed by atoms with Crippen molar-refractivity contribution in [2.75, 3.05) is 20.2 Å². The van der Waals surface area contributed by atoms with Gasteiger partial charge in [0.15, 0.2) is 0 Å². The summed E-state index contributed by atoms with van der Waals surface area (Å²) in [5.74, 6) is -0.330. The van der Waals surface area contributed by atoms with Gasteiger partial charge in [0.2, 0.25) is 0 Å². The molecule has 1 saturated heterocycles. The maximum Gasteiger partial charge on any atom is 0.317 e. The molecule has 20 heavy (non-hydrogen) atoms. The average molecular weight is 276 g/mol. The molecule has 5 nitrogen and oxygen atoms in total. The van der Waals surface area contributed by atoms with Crippen LogP contribution in [0.15, 0.2) is 30.3 Å². The van der Waals surface area contributed by atoms with Gasteiger partial charge in [-0.15, -0.1) is 0 Å². The van der Waals surface area contributed by atoms with Gasteiger partial charge in [0.1, 0.15) is 0 Å². The summed E-state index contributed by atoms with van der Waals surface area (Å²) in [4.78, 5) is 25.4. The van der Waals surface area contributed by atoms with E-state index in [-0.39, 0.29) is 23.8 Å². The molecule has 1 fully saturated rings. The predicted molar refractivity (Wildman–Crippen MR) is 74.9 cm³/mol. The molecule has 2 atom stereocenters. The van der Waals surface area contributed by atoms with Gasteiger partial charge in [0.05, 0.1) is 13.0 Å². The Morgan fingerprint density at radius 3 is 2.65 bits per heavy atom. The number of carbonyl (C=O) groups is 2. The molecule has 0 bridgehead atoms. The number of amides is 2. The summed E-state index contributed by atoms with van der Waals surface area (Å²) in [7, 11) is 1.38. The number of likely N-dealkylation sites (tertiary alicyclic amines) is 1. The summed E-state index contributed by atoms with van der Waals surface area (Å²) in [6, 6.07) is 9.61. The number of methoxy groups -OCH3 is 1. The number of esters is 1. The first-order chi connectivity index (χ1) is 9.61. The van der Waals surface area contributed by atoms with Gasteiger partial charge >= 0.3 is 12.0 Å². The third-order valence-corrected chi connectivity index (χ3v) is 3.69. The van der Waals surface area contributed by atoms with Crippen molar-refractivity contribution in [1.82, 2.24) is 10.2 Å². The summed E-state index contributed by atoms with van der Waals surface area (Å²) < 4.78 is 4.76. The number of ether oxygens (including phenoxy) is 1. The molecule has 1 aromatic carbocycles. The van der Waals surface area contributed by atoms with Crippen molar-refractivity contribution in [2.45, 2.75) is 13.5 Å². The van der Waals surface area contributed by atoms with E-state index in [0.29, 0.717) is 19.6 Å². The molecule has 108 valence electrons. The molecule has 1 aliphatic heterocycles. The van der Waals surface area contributed by atoms with E-state index in [2.05, 4.69) is 5.32 Å². The number of carbonyl (C=O) groups excluding carboxylic acids is 2. The minimum Gasteiger partial charge on any atom is -0.469 e. The summed E-state index contributed by atoms with van der Waals surface area (Å²) in [5, 5.41) is 2.87. The SMILES string of the molecule is COC(=O)C1CN(C(=O)NCc2ccccc2)CC1C. The van der Waals surface area contributed by atoms with E-state index in [4.69, 9.17) is 4.74 Å². The lowest BCUT2D eigenvalue weighted by Gasteiger charge is -2.17. The monoisotopic (exact) mass is 276 g/mol. The fourth-order valence-corrected chi connectivity index (χ4v) is 2.48. The Morgan fingerprint density at radius 2 is 2.00 bits per heavy atom. The second kappa shape index (κ2) is 6.41. The van der Waals surface area contributed by atoms with Crippen LogP contribution in [0.4, 0.5) is 4.79 Å². The largest absolute Gasteiger partial charge is 0.469 e. The van der Waals surface area contributed by atoms with Gasteiger partial charge in [-0.05, 0) is 11.5 Å². The van der Waals surface area contributed by atoms with Crippen LogP contribution in [-0.2, 0) is 16.1 Å². The second-order valence-electron chi connectivity index (χ2n) is 5.16. The Labute approximate surface area is 118 Å². The highest BCUT2D eigenvalue weighted by Crippen LogP contribution is 2.23. The Kier molecular flexibility index (Phi) is 4.61. The van der Waals surface area contributed by atoms with E-state index in [1.54, 1.807) is 4.90 Å². The lowest BCUT2D eigenvalue weighted by atomic mass is 9.99. The van der Waals surface area contributed by atoms with Gasteiger partial charge < -0.3 is 15.0 Å². The number of rotatable bonds is 3. The molecule has 2 unspecified atom stereocenters. The predicted octanol–water partition coefficient (Wildman–Crippen LogP) is 1.64. The van der Waals surface area contributed by atoms with Crippen LogP contribution in [0.3, 0.4) is 0 Å². The molecule has 2 amide bonds. The van der Waals surface area contributed by atoms with Gasteiger partial charge in [-0.1, -0.05) is 37.3 Å². The first kappa shape index (κ1) is 14.4. The molecule has 0 aliphatic carbocycles. The van der Waals surface area contributed by atoms with Gasteiger partial charge in [0.25, 0.3) is 0 Å². The molecule has 1 aromatic rings. The third kappa shape index (κ3) is 3.29. The van der Waals surface area contributed by atoms with Crippen molar-refractivity contribution >= 4 is 12.0 Å². The van der Waals surface area contributed by atoms with Crippen molar-refractivity contribution in [3.8, 4) is 0 Å². The average Bonchev–Trinajstić information content (AvgIpc) is 2.87. The quantitative estimate of drug-likeness (QED) is 0.854. The van der Waals surface area contributed by atoms with Gasteiger partial charge in [-0.25, -0.2) is 4.79 Å². The molecule has 2 rings (SSSR count). The second-order valence-corrected chi connectivity index (χ2v) is 5.16. The highest BCUT2D eigenvalue weighted by Gasteiger charge is 2.37. The number of hydrogen-bond donors (Lipinski definition) is 1. The van der Waals surface area contributed by atoms with E-state index in [1.807, 2.05) is 37.3 Å². The summed E-state index contributed by atoms with van der Waals surface area (Å²) in [6.45, 7) is 3.47. The van der Waals surface area contributed by atoms with Gasteiger partial charge in [0, 0.05) is 19.6 Å². The van der Waals surface area contributed by atoms with Gasteiger partial charge in [-0.2, -0.15) is 0 Å². The molecule has 1 aliphatic rings. The van der Waals surface area contributed by atoms with Crippen LogP contribution in [0.25, 0.3) is 0 Å². The lowest BCUT2D eigenvalue weighted by molar-refractivity contribution is -0.145. The molecule has 1 N–H and O–H groups in total. The van der Waals surface area contributed by atoms with Crippen molar-refractivity contribution in [3.63, 3.8) is 0 Å². The number of nitrogens with zero attached hydrogens (tertiary/aromatic N) is 1. The van der Waals surface area contributed by atoms with Crippen LogP contribution in [0.5, 0.6) is 0 Å². The standard InChI is InChI=1S/C15H20N2O3/c1-11-9-17(10-13(11)14(18)20-2)15(19)16-8-12-6-4-3-5-7-12/h3-7,11,13H,8-10H2,1-2H3,(H,16,19). The zero-order valence-electron chi connectivity index (χ0n) is 11.8. The summed E-state index contributed by atoms with van der Waals surface area (Å²) in [5.41, 5.74) is 1.05. The minimum absolute atomic E-state index is 0.130. The van der Waals surface area contributed by atoms with E-state index in [9.17, 15) is 9.59 Å². The number of hydrogen-bond acceptors (Lipinski definition) is 3. The first-order valence-corrected chi connectivity index (χ1v) is 6.76.